The number of amides is 1. The van der Waals surface area contributed by atoms with Gasteiger partial charge in [-0.15, -0.1) is 0 Å². The van der Waals surface area contributed by atoms with E-state index in [0.717, 1.165) is 12.8 Å². The van der Waals surface area contributed by atoms with Crippen LogP contribution in [0.25, 0.3) is 0 Å². The Bertz CT molecular complexity index is 276. The number of nitrogens with zero attached hydrogens (tertiary/aromatic N) is 1. The molecule has 0 bridgehead atoms. The number of Topliss-reactive ketones (excluding diaryl/α,β-unsaturated/α-hetero) is 1. The quantitative estimate of drug-likeness (QED) is 0.771. The van der Waals surface area contributed by atoms with E-state index in [2.05, 4.69) is 6.92 Å². The Morgan fingerprint density at radius 1 is 1.44 bits per heavy atom. The van der Waals surface area contributed by atoms with Gasteiger partial charge in [0.2, 0.25) is 5.91 Å². The number of nitrogens with two attached hydrogens (primary N) is 1. The number of hydrogen-bond acceptors (Lipinski definition) is 3. The zero-order valence-corrected chi connectivity index (χ0v) is 10.4. The van der Waals surface area contributed by atoms with Gasteiger partial charge in [0, 0.05) is 12.5 Å². The van der Waals surface area contributed by atoms with Gasteiger partial charge in [0.15, 0.2) is 5.78 Å². The lowest BCUT2D eigenvalue weighted by atomic mass is 9.89. The topological polar surface area (TPSA) is 63.4 Å². The second-order valence-electron chi connectivity index (χ2n) is 4.75. The molecule has 0 aromatic carbocycles. The Hall–Kier alpha value is -0.900. The minimum atomic E-state index is -0.235. The SMILES string of the molecule is CC[C@@H]1CCN(C(=O)CN)[C@@H]1C(=O)C(C)C. The molecule has 2 N–H and O–H groups in total. The van der Waals surface area contributed by atoms with E-state index in [9.17, 15) is 9.59 Å². The van der Waals surface area contributed by atoms with E-state index in [1.807, 2.05) is 13.8 Å². The molecular formula is C12H22N2O2. The number of ketones is 1. The Balaban J connectivity index is 2.86. The molecule has 1 heterocycles. The van der Waals surface area contributed by atoms with Gasteiger partial charge >= 0.3 is 0 Å². The average molecular weight is 226 g/mol. The molecule has 0 aliphatic carbocycles. The highest BCUT2D eigenvalue weighted by atomic mass is 16.2. The van der Waals surface area contributed by atoms with Gasteiger partial charge in [-0.2, -0.15) is 0 Å². The van der Waals surface area contributed by atoms with Crippen molar-refractivity contribution in [2.45, 2.75) is 39.7 Å². The van der Waals surface area contributed by atoms with Gasteiger partial charge in [-0.3, -0.25) is 9.59 Å². The first-order valence-electron chi connectivity index (χ1n) is 6.06. The normalized spacial score (nSPS) is 25.2. The Morgan fingerprint density at radius 3 is 2.50 bits per heavy atom. The largest absolute Gasteiger partial charge is 0.331 e. The average Bonchev–Trinajstić information content (AvgIpc) is 2.70. The lowest BCUT2D eigenvalue weighted by Gasteiger charge is -2.27. The van der Waals surface area contributed by atoms with Crippen molar-refractivity contribution in [3.63, 3.8) is 0 Å². The van der Waals surface area contributed by atoms with Crippen LogP contribution in [0.1, 0.15) is 33.6 Å². The highest BCUT2D eigenvalue weighted by Crippen LogP contribution is 2.29. The van der Waals surface area contributed by atoms with E-state index in [4.69, 9.17) is 5.73 Å². The van der Waals surface area contributed by atoms with Gasteiger partial charge in [-0.1, -0.05) is 27.2 Å². The van der Waals surface area contributed by atoms with E-state index in [0.29, 0.717) is 12.5 Å². The molecule has 0 aromatic rings. The second kappa shape index (κ2) is 5.43. The Labute approximate surface area is 97.2 Å². The second-order valence-corrected chi connectivity index (χ2v) is 4.75. The standard InChI is InChI=1S/C12H22N2O2/c1-4-9-5-6-14(10(15)7-13)11(9)12(16)8(2)3/h8-9,11H,4-7,13H2,1-3H3/t9-,11+/m1/s1. The first-order chi connectivity index (χ1) is 7.52. The van der Waals surface area contributed by atoms with E-state index >= 15 is 0 Å². The number of rotatable bonds is 4. The third-order valence-corrected chi connectivity index (χ3v) is 3.40. The maximum absolute atomic E-state index is 12.1. The Morgan fingerprint density at radius 2 is 2.06 bits per heavy atom. The van der Waals surface area contributed by atoms with E-state index in [1.54, 1.807) is 4.90 Å². The van der Waals surface area contributed by atoms with Gasteiger partial charge in [0.05, 0.1) is 12.6 Å². The molecule has 0 unspecified atom stereocenters. The molecular weight excluding hydrogens is 204 g/mol. The summed E-state index contributed by atoms with van der Waals surface area (Å²) in [6.07, 6.45) is 1.86. The van der Waals surface area contributed by atoms with Crippen LogP contribution in [0.2, 0.25) is 0 Å². The highest BCUT2D eigenvalue weighted by Gasteiger charge is 2.40. The zero-order valence-electron chi connectivity index (χ0n) is 10.4. The molecule has 92 valence electrons. The van der Waals surface area contributed by atoms with Crippen molar-refractivity contribution in [3.05, 3.63) is 0 Å². The molecule has 4 nitrogen and oxygen atoms in total. The number of hydrogen-bond donors (Lipinski definition) is 1. The maximum atomic E-state index is 12.1. The fourth-order valence-electron chi connectivity index (χ4n) is 2.41. The van der Waals surface area contributed by atoms with Crippen molar-refractivity contribution >= 4 is 11.7 Å². The third-order valence-electron chi connectivity index (χ3n) is 3.40. The summed E-state index contributed by atoms with van der Waals surface area (Å²) >= 11 is 0. The van der Waals surface area contributed by atoms with E-state index in [-0.39, 0.29) is 30.2 Å². The first-order valence-corrected chi connectivity index (χ1v) is 6.06. The first kappa shape index (κ1) is 13.2. The van der Waals surface area contributed by atoms with Crippen LogP contribution in [0.15, 0.2) is 0 Å². The molecule has 1 amide bonds. The fourth-order valence-corrected chi connectivity index (χ4v) is 2.41. The summed E-state index contributed by atoms with van der Waals surface area (Å²) in [6, 6.07) is -0.235. The van der Waals surface area contributed by atoms with Crippen molar-refractivity contribution in [2.24, 2.45) is 17.6 Å². The summed E-state index contributed by atoms with van der Waals surface area (Å²) < 4.78 is 0. The van der Waals surface area contributed by atoms with Crippen LogP contribution in [0, 0.1) is 11.8 Å². The minimum absolute atomic E-state index is 0.00168. The van der Waals surface area contributed by atoms with Gasteiger partial charge < -0.3 is 10.6 Å². The van der Waals surface area contributed by atoms with E-state index in [1.165, 1.54) is 0 Å². The van der Waals surface area contributed by atoms with Crippen LogP contribution < -0.4 is 5.73 Å². The molecule has 1 fully saturated rings. The van der Waals surface area contributed by atoms with Crippen LogP contribution in [0.5, 0.6) is 0 Å². The molecule has 2 atom stereocenters. The zero-order chi connectivity index (χ0) is 12.3. The molecule has 0 radical (unpaired) electrons. The van der Waals surface area contributed by atoms with Crippen molar-refractivity contribution in [3.8, 4) is 0 Å². The third kappa shape index (κ3) is 2.43. The lowest BCUT2D eigenvalue weighted by Crippen LogP contribution is -2.47. The molecule has 0 spiro atoms. The molecule has 1 aliphatic rings. The van der Waals surface area contributed by atoms with Crippen LogP contribution in [-0.2, 0) is 9.59 Å². The van der Waals surface area contributed by atoms with Gasteiger partial charge in [0.1, 0.15) is 0 Å². The van der Waals surface area contributed by atoms with Gasteiger partial charge in [-0.05, 0) is 12.3 Å². The molecule has 1 rings (SSSR count). The summed E-state index contributed by atoms with van der Waals surface area (Å²) in [6.45, 7) is 6.52. The minimum Gasteiger partial charge on any atom is -0.331 e. The number of carbonyl (C=O) groups excluding carboxylic acids is 2. The molecule has 1 saturated heterocycles. The smallest absolute Gasteiger partial charge is 0.236 e. The van der Waals surface area contributed by atoms with Gasteiger partial charge in [-0.25, -0.2) is 0 Å². The van der Waals surface area contributed by atoms with Crippen molar-refractivity contribution in [2.75, 3.05) is 13.1 Å². The summed E-state index contributed by atoms with van der Waals surface area (Å²) in [7, 11) is 0. The van der Waals surface area contributed by atoms with Crippen LogP contribution in [0.3, 0.4) is 0 Å². The summed E-state index contributed by atoms with van der Waals surface area (Å²) in [5.41, 5.74) is 5.37. The van der Waals surface area contributed by atoms with Crippen molar-refractivity contribution in [1.82, 2.24) is 4.90 Å². The summed E-state index contributed by atoms with van der Waals surface area (Å²) in [5, 5.41) is 0. The van der Waals surface area contributed by atoms with Crippen LogP contribution in [-0.4, -0.2) is 35.7 Å². The molecule has 1 aliphatic heterocycles. The summed E-state index contributed by atoms with van der Waals surface area (Å²) in [5.74, 6) is 0.358. The maximum Gasteiger partial charge on any atom is 0.236 e. The predicted molar refractivity (Wildman–Crippen MR) is 62.8 cm³/mol. The number of likely N-dealkylation sites (tertiary alicyclic amines) is 1. The fraction of sp³-hybridized carbons (Fsp3) is 0.833. The molecule has 16 heavy (non-hydrogen) atoms. The van der Waals surface area contributed by atoms with Crippen molar-refractivity contribution < 1.29 is 9.59 Å². The Kier molecular flexibility index (Phi) is 4.47. The van der Waals surface area contributed by atoms with Crippen LogP contribution >= 0.6 is 0 Å². The van der Waals surface area contributed by atoms with Crippen molar-refractivity contribution in [1.29, 1.82) is 0 Å². The van der Waals surface area contributed by atoms with Gasteiger partial charge in [0.25, 0.3) is 0 Å². The lowest BCUT2D eigenvalue weighted by molar-refractivity contribution is -0.138. The molecule has 4 heteroatoms. The van der Waals surface area contributed by atoms with Crippen LogP contribution in [0.4, 0.5) is 0 Å². The highest BCUT2D eigenvalue weighted by molar-refractivity contribution is 5.91. The monoisotopic (exact) mass is 226 g/mol. The predicted octanol–water partition coefficient (Wildman–Crippen LogP) is 0.797. The van der Waals surface area contributed by atoms with E-state index < -0.39 is 0 Å². The summed E-state index contributed by atoms with van der Waals surface area (Å²) in [4.78, 5) is 25.4. The number of carbonyl (C=O) groups is 2. The molecule has 0 aromatic heterocycles. The molecule has 0 saturated carbocycles.